The Morgan fingerprint density at radius 3 is 2.54 bits per heavy atom. The summed E-state index contributed by atoms with van der Waals surface area (Å²) in [6.45, 7) is 4.96. The Morgan fingerprint density at radius 2 is 1.78 bits per heavy atom. The first kappa shape index (κ1) is 27.7. The van der Waals surface area contributed by atoms with Crippen molar-refractivity contribution in [2.24, 2.45) is 0 Å². The minimum absolute atomic E-state index is 0.0996. The second kappa shape index (κ2) is 14.0. The number of rotatable bonds is 10. The maximum absolute atomic E-state index is 12.3. The highest BCUT2D eigenvalue weighted by Crippen LogP contribution is 2.23. The summed E-state index contributed by atoms with van der Waals surface area (Å²) < 4.78 is 0. The van der Waals surface area contributed by atoms with Crippen molar-refractivity contribution in [1.82, 2.24) is 20.2 Å². The van der Waals surface area contributed by atoms with E-state index in [1.807, 2.05) is 24.3 Å². The monoisotopic (exact) mass is 575 g/mol. The third kappa shape index (κ3) is 8.90. The lowest BCUT2D eigenvalue weighted by Gasteiger charge is -2.35. The number of carbonyl (C=O) groups is 1. The summed E-state index contributed by atoms with van der Waals surface area (Å²) in [6, 6.07) is 17.5. The molecule has 10 heteroatoms. The van der Waals surface area contributed by atoms with Crippen LogP contribution in [-0.2, 0) is 11.2 Å². The predicted molar refractivity (Wildman–Crippen MR) is 155 cm³/mol. The van der Waals surface area contributed by atoms with E-state index < -0.39 is 0 Å². The zero-order valence-electron chi connectivity index (χ0n) is 20.2. The number of hydrogen-bond donors (Lipinski definition) is 1. The number of aromatic nitrogens is 2. The molecular weight excluding hydrogens is 549 g/mol. The van der Waals surface area contributed by atoms with E-state index in [-0.39, 0.29) is 11.7 Å². The first-order chi connectivity index (χ1) is 18.0. The SMILES string of the molecule is O=C(CSc1nc(Cl)cc(N2CCN(CC=Cc3ccccc3)CC2)n1)NCCc1ccc(Cl)cc1Cl. The fraction of sp³-hybridized carbons (Fsp3) is 0.296. The number of nitrogens with zero attached hydrogens (tertiary/aromatic N) is 4. The largest absolute Gasteiger partial charge is 0.355 e. The van der Waals surface area contributed by atoms with E-state index in [0.717, 1.165) is 44.1 Å². The molecule has 0 spiro atoms. The molecule has 6 nitrogen and oxygen atoms in total. The number of halogens is 3. The Hall–Kier alpha value is -2.29. The summed E-state index contributed by atoms with van der Waals surface area (Å²) in [5.74, 6) is 0.896. The summed E-state index contributed by atoms with van der Waals surface area (Å²) >= 11 is 19.7. The predicted octanol–water partition coefficient (Wildman–Crippen LogP) is 5.72. The number of benzene rings is 2. The molecule has 1 N–H and O–H groups in total. The summed E-state index contributed by atoms with van der Waals surface area (Å²) in [5, 5.41) is 4.96. The van der Waals surface area contributed by atoms with Gasteiger partial charge in [-0.1, -0.05) is 95.1 Å². The van der Waals surface area contributed by atoms with Crippen LogP contribution in [0.15, 0.2) is 65.8 Å². The van der Waals surface area contributed by atoms with Gasteiger partial charge in [-0.15, -0.1) is 0 Å². The summed E-state index contributed by atoms with van der Waals surface area (Å²) in [6.07, 6.45) is 4.98. The standard InChI is InChI=1S/C27H28Cl3N5OS/c28-22-9-8-21(23(29)17-22)10-11-31-26(36)19-37-27-32-24(30)18-25(33-27)35-15-13-34(14-16-35)12-4-7-20-5-2-1-3-6-20/h1-9,17-18H,10-16,19H2,(H,31,36). The molecule has 2 heterocycles. The van der Waals surface area contributed by atoms with Crippen molar-refractivity contribution in [2.75, 3.05) is 49.9 Å². The number of carbonyl (C=O) groups excluding carboxylic acids is 1. The minimum Gasteiger partial charge on any atom is -0.355 e. The molecule has 0 atom stereocenters. The maximum Gasteiger partial charge on any atom is 0.230 e. The second-order valence-corrected chi connectivity index (χ2v) is 10.7. The van der Waals surface area contributed by atoms with Crippen LogP contribution >= 0.6 is 46.6 Å². The van der Waals surface area contributed by atoms with Gasteiger partial charge in [-0.05, 0) is 29.7 Å². The lowest BCUT2D eigenvalue weighted by atomic mass is 10.1. The molecular formula is C27H28Cl3N5OS. The molecule has 0 radical (unpaired) electrons. The van der Waals surface area contributed by atoms with Crippen LogP contribution in [0.1, 0.15) is 11.1 Å². The Bertz CT molecular complexity index is 1220. The van der Waals surface area contributed by atoms with Crippen molar-refractivity contribution in [2.45, 2.75) is 11.6 Å². The Labute approximate surface area is 237 Å². The van der Waals surface area contributed by atoms with Crippen LogP contribution in [0, 0.1) is 0 Å². The minimum atomic E-state index is -0.0996. The lowest BCUT2D eigenvalue weighted by Crippen LogP contribution is -2.46. The molecule has 1 fully saturated rings. The molecule has 1 aromatic heterocycles. The topological polar surface area (TPSA) is 61.4 Å². The van der Waals surface area contributed by atoms with Crippen molar-refractivity contribution in [1.29, 1.82) is 0 Å². The van der Waals surface area contributed by atoms with E-state index in [1.165, 1.54) is 17.3 Å². The highest BCUT2D eigenvalue weighted by molar-refractivity contribution is 7.99. The first-order valence-electron chi connectivity index (χ1n) is 12.0. The van der Waals surface area contributed by atoms with Crippen LogP contribution in [0.25, 0.3) is 6.08 Å². The van der Waals surface area contributed by atoms with Crippen molar-refractivity contribution in [3.63, 3.8) is 0 Å². The van der Waals surface area contributed by atoms with Crippen molar-refractivity contribution >= 4 is 64.4 Å². The molecule has 3 aromatic rings. The summed E-state index contributed by atoms with van der Waals surface area (Å²) in [7, 11) is 0. The molecule has 1 aliphatic heterocycles. The van der Waals surface area contributed by atoms with Crippen LogP contribution < -0.4 is 10.2 Å². The van der Waals surface area contributed by atoms with Gasteiger partial charge in [0.1, 0.15) is 11.0 Å². The molecule has 0 bridgehead atoms. The van der Waals surface area contributed by atoms with Crippen molar-refractivity contribution in [3.05, 3.63) is 87.0 Å². The fourth-order valence-electron chi connectivity index (χ4n) is 3.92. The van der Waals surface area contributed by atoms with Gasteiger partial charge < -0.3 is 10.2 Å². The number of hydrogen-bond acceptors (Lipinski definition) is 6. The van der Waals surface area contributed by atoms with Crippen LogP contribution in [0.5, 0.6) is 0 Å². The van der Waals surface area contributed by atoms with Crippen LogP contribution in [-0.4, -0.2) is 65.8 Å². The molecule has 0 saturated carbocycles. The van der Waals surface area contributed by atoms with Crippen LogP contribution in [0.2, 0.25) is 15.2 Å². The molecule has 1 aliphatic rings. The molecule has 0 aliphatic carbocycles. The van der Waals surface area contributed by atoms with Gasteiger partial charge in [0.15, 0.2) is 5.16 Å². The van der Waals surface area contributed by atoms with Crippen LogP contribution in [0.3, 0.4) is 0 Å². The third-order valence-electron chi connectivity index (χ3n) is 5.89. The molecule has 37 heavy (non-hydrogen) atoms. The summed E-state index contributed by atoms with van der Waals surface area (Å²) in [4.78, 5) is 25.9. The zero-order chi connectivity index (χ0) is 26.0. The molecule has 1 saturated heterocycles. The van der Waals surface area contributed by atoms with Gasteiger partial charge in [0.05, 0.1) is 5.75 Å². The smallest absolute Gasteiger partial charge is 0.230 e. The first-order valence-corrected chi connectivity index (χ1v) is 14.1. The van der Waals surface area contributed by atoms with E-state index in [4.69, 9.17) is 34.8 Å². The number of nitrogens with one attached hydrogen (secondary N) is 1. The van der Waals surface area contributed by atoms with Crippen molar-refractivity contribution in [3.8, 4) is 0 Å². The second-order valence-electron chi connectivity index (χ2n) is 8.56. The number of thioether (sulfide) groups is 1. The highest BCUT2D eigenvalue weighted by Gasteiger charge is 2.19. The van der Waals surface area contributed by atoms with E-state index in [2.05, 4.69) is 49.4 Å². The van der Waals surface area contributed by atoms with Gasteiger partial charge in [-0.2, -0.15) is 0 Å². The fourth-order valence-corrected chi connectivity index (χ4v) is 5.33. The number of anilines is 1. The normalized spacial score (nSPS) is 14.3. The highest BCUT2D eigenvalue weighted by atomic mass is 35.5. The molecule has 1 amide bonds. The van der Waals surface area contributed by atoms with E-state index in [0.29, 0.717) is 33.3 Å². The zero-order valence-corrected chi connectivity index (χ0v) is 23.3. The number of amides is 1. The average molecular weight is 577 g/mol. The van der Waals surface area contributed by atoms with E-state index in [1.54, 1.807) is 18.2 Å². The van der Waals surface area contributed by atoms with E-state index >= 15 is 0 Å². The Morgan fingerprint density at radius 1 is 1.00 bits per heavy atom. The van der Waals surface area contributed by atoms with Gasteiger partial charge in [-0.3, -0.25) is 9.69 Å². The number of piperazine rings is 1. The van der Waals surface area contributed by atoms with Gasteiger partial charge >= 0.3 is 0 Å². The molecule has 2 aromatic carbocycles. The van der Waals surface area contributed by atoms with Crippen molar-refractivity contribution < 1.29 is 4.79 Å². The van der Waals surface area contributed by atoms with Gasteiger partial charge in [-0.25, -0.2) is 9.97 Å². The lowest BCUT2D eigenvalue weighted by molar-refractivity contribution is -0.118. The molecule has 194 valence electrons. The summed E-state index contributed by atoms with van der Waals surface area (Å²) in [5.41, 5.74) is 2.15. The van der Waals surface area contributed by atoms with Gasteiger partial charge in [0.25, 0.3) is 0 Å². The quantitative estimate of drug-likeness (QED) is 0.189. The van der Waals surface area contributed by atoms with E-state index in [9.17, 15) is 4.79 Å². The maximum atomic E-state index is 12.3. The molecule has 0 unspecified atom stereocenters. The van der Waals surface area contributed by atoms with Gasteiger partial charge in [0, 0.05) is 55.4 Å². The average Bonchev–Trinajstić information content (AvgIpc) is 2.89. The van der Waals surface area contributed by atoms with Gasteiger partial charge in [0.2, 0.25) is 5.91 Å². The molecule has 4 rings (SSSR count). The Balaban J connectivity index is 1.21. The Kier molecular flexibility index (Phi) is 10.5. The third-order valence-corrected chi connectivity index (χ3v) is 7.52. The van der Waals surface area contributed by atoms with Crippen LogP contribution in [0.4, 0.5) is 5.82 Å².